The summed E-state index contributed by atoms with van der Waals surface area (Å²) in [7, 11) is 1.86. The minimum Gasteiger partial charge on any atom is -0.357 e. The lowest BCUT2D eigenvalue weighted by Gasteiger charge is -2.19. The minimum atomic E-state index is -4.45. The summed E-state index contributed by atoms with van der Waals surface area (Å²) in [6, 6.07) is 5.80. The second-order valence-electron chi connectivity index (χ2n) is 5.32. The highest BCUT2D eigenvalue weighted by molar-refractivity contribution is 5.74. The number of carbonyl (C=O) groups is 1. The number of alkyl halides is 3. The van der Waals surface area contributed by atoms with Crippen molar-refractivity contribution in [3.63, 3.8) is 0 Å². The van der Waals surface area contributed by atoms with Crippen LogP contribution in [-0.4, -0.2) is 10.6 Å². The molecule has 23 heavy (non-hydrogen) atoms. The Hall–Kier alpha value is -2.44. The molecule has 7 heteroatoms. The first kappa shape index (κ1) is 16.9. The lowest BCUT2D eigenvalue weighted by atomic mass is 10.0. The topological polar surface area (TPSA) is 46.1 Å². The first-order valence-electron chi connectivity index (χ1n) is 7.08. The fraction of sp³-hybridized carbons (Fsp3) is 0.312. The van der Waals surface area contributed by atoms with E-state index in [-0.39, 0.29) is 5.56 Å². The van der Waals surface area contributed by atoms with Crippen LogP contribution >= 0.6 is 0 Å². The molecule has 0 aliphatic rings. The lowest BCUT2D eigenvalue weighted by Crippen LogP contribution is -2.37. The number of amides is 2. The van der Waals surface area contributed by atoms with E-state index in [1.54, 1.807) is 0 Å². The van der Waals surface area contributed by atoms with E-state index >= 15 is 0 Å². The highest BCUT2D eigenvalue weighted by Gasteiger charge is 2.34. The normalized spacial score (nSPS) is 12.7. The monoisotopic (exact) mass is 325 g/mol. The Labute approximate surface area is 132 Å². The predicted octanol–water partition coefficient (Wildman–Crippen LogP) is 3.60. The van der Waals surface area contributed by atoms with Gasteiger partial charge in [0.1, 0.15) is 0 Å². The van der Waals surface area contributed by atoms with Gasteiger partial charge in [-0.05, 0) is 30.2 Å². The zero-order valence-corrected chi connectivity index (χ0v) is 12.8. The van der Waals surface area contributed by atoms with Crippen molar-refractivity contribution in [1.29, 1.82) is 0 Å². The Morgan fingerprint density at radius 3 is 2.57 bits per heavy atom. The van der Waals surface area contributed by atoms with Gasteiger partial charge in [-0.15, -0.1) is 0 Å². The summed E-state index contributed by atoms with van der Waals surface area (Å²) in [5.74, 6) is 0. The molecule has 0 spiro atoms. The molecule has 1 unspecified atom stereocenters. The molecule has 0 bridgehead atoms. The third-order valence-electron chi connectivity index (χ3n) is 3.43. The van der Waals surface area contributed by atoms with E-state index in [1.165, 1.54) is 25.1 Å². The first-order valence-corrected chi connectivity index (χ1v) is 7.08. The smallest absolute Gasteiger partial charge is 0.357 e. The van der Waals surface area contributed by atoms with Gasteiger partial charge in [0.05, 0.1) is 11.6 Å². The number of urea groups is 1. The molecular formula is C16H18F3N3O. The largest absolute Gasteiger partial charge is 0.416 e. The van der Waals surface area contributed by atoms with E-state index in [4.69, 9.17) is 0 Å². The quantitative estimate of drug-likeness (QED) is 0.886. The Balaban J connectivity index is 1.99. The van der Waals surface area contributed by atoms with Gasteiger partial charge in [0.15, 0.2) is 0 Å². The maximum Gasteiger partial charge on any atom is 0.416 e. The zero-order valence-electron chi connectivity index (χ0n) is 12.8. The molecule has 1 aromatic carbocycles. The van der Waals surface area contributed by atoms with Crippen molar-refractivity contribution < 1.29 is 18.0 Å². The minimum absolute atomic E-state index is 0.0369. The molecule has 0 fully saturated rings. The Kier molecular flexibility index (Phi) is 4.98. The standard InChI is InChI=1S/C16H18F3N3O/c1-11(13-5-3-4-6-14(13)16(17,18)19)21-15(23)20-9-12-7-8-22(2)10-12/h3-8,10-11H,9H2,1-2H3,(H2,20,21,23). The molecule has 2 rings (SSSR count). The van der Waals surface area contributed by atoms with Crippen molar-refractivity contribution in [3.8, 4) is 0 Å². The molecule has 2 N–H and O–H groups in total. The van der Waals surface area contributed by atoms with Gasteiger partial charge in [-0.3, -0.25) is 0 Å². The molecule has 0 saturated carbocycles. The first-order chi connectivity index (χ1) is 10.8. The maximum absolute atomic E-state index is 13.0. The Morgan fingerprint density at radius 1 is 1.26 bits per heavy atom. The molecular weight excluding hydrogens is 307 g/mol. The summed E-state index contributed by atoms with van der Waals surface area (Å²) in [5.41, 5.74) is 0.205. The van der Waals surface area contributed by atoms with Crippen LogP contribution in [0.15, 0.2) is 42.7 Å². The van der Waals surface area contributed by atoms with Gasteiger partial charge in [-0.2, -0.15) is 13.2 Å². The van der Waals surface area contributed by atoms with Crippen molar-refractivity contribution in [2.24, 2.45) is 7.05 Å². The number of hydrogen-bond acceptors (Lipinski definition) is 1. The maximum atomic E-state index is 13.0. The molecule has 1 atom stereocenters. The molecule has 1 heterocycles. The summed E-state index contributed by atoms with van der Waals surface area (Å²) >= 11 is 0. The predicted molar refractivity (Wildman–Crippen MR) is 80.6 cm³/mol. The third kappa shape index (κ3) is 4.51. The number of aromatic nitrogens is 1. The number of rotatable bonds is 4. The molecule has 4 nitrogen and oxygen atoms in total. The van der Waals surface area contributed by atoms with Crippen molar-refractivity contribution in [3.05, 3.63) is 59.4 Å². The van der Waals surface area contributed by atoms with Crippen molar-refractivity contribution in [2.45, 2.75) is 25.7 Å². The fourth-order valence-corrected chi connectivity index (χ4v) is 2.31. The average molecular weight is 325 g/mol. The number of aryl methyl sites for hydroxylation is 1. The fourth-order valence-electron chi connectivity index (χ4n) is 2.31. The molecule has 0 saturated heterocycles. The Bertz CT molecular complexity index is 679. The molecule has 124 valence electrons. The summed E-state index contributed by atoms with van der Waals surface area (Å²) < 4.78 is 40.8. The van der Waals surface area contributed by atoms with Gasteiger partial charge >= 0.3 is 12.2 Å². The number of halogens is 3. The van der Waals surface area contributed by atoms with E-state index in [0.717, 1.165) is 11.6 Å². The van der Waals surface area contributed by atoms with Crippen LogP contribution in [0.1, 0.15) is 29.7 Å². The van der Waals surface area contributed by atoms with Gasteiger partial charge in [0, 0.05) is 26.0 Å². The highest BCUT2D eigenvalue weighted by Crippen LogP contribution is 2.34. The van der Waals surface area contributed by atoms with Crippen molar-refractivity contribution in [1.82, 2.24) is 15.2 Å². The van der Waals surface area contributed by atoms with Crippen LogP contribution in [0.4, 0.5) is 18.0 Å². The summed E-state index contributed by atoms with van der Waals surface area (Å²) in [5, 5.41) is 5.16. The van der Waals surface area contributed by atoms with E-state index in [1.807, 2.05) is 30.1 Å². The molecule has 0 aliphatic carbocycles. The average Bonchev–Trinajstić information content (AvgIpc) is 2.90. The molecule has 1 aromatic heterocycles. The SMILES string of the molecule is CC(NC(=O)NCc1ccn(C)c1)c1ccccc1C(F)(F)F. The van der Waals surface area contributed by atoms with E-state index in [0.29, 0.717) is 6.54 Å². The van der Waals surface area contributed by atoms with Gasteiger partial charge in [-0.25, -0.2) is 4.79 Å². The van der Waals surface area contributed by atoms with Gasteiger partial charge in [0.25, 0.3) is 0 Å². The third-order valence-corrected chi connectivity index (χ3v) is 3.43. The second-order valence-corrected chi connectivity index (χ2v) is 5.32. The van der Waals surface area contributed by atoms with Crippen LogP contribution in [0.3, 0.4) is 0 Å². The van der Waals surface area contributed by atoms with Crippen molar-refractivity contribution >= 4 is 6.03 Å². The number of nitrogens with zero attached hydrogens (tertiary/aromatic N) is 1. The summed E-state index contributed by atoms with van der Waals surface area (Å²) in [6.07, 6.45) is -0.757. The van der Waals surface area contributed by atoms with E-state index < -0.39 is 23.8 Å². The van der Waals surface area contributed by atoms with E-state index in [2.05, 4.69) is 10.6 Å². The van der Waals surface area contributed by atoms with Crippen LogP contribution in [0, 0.1) is 0 Å². The number of benzene rings is 1. The molecule has 0 radical (unpaired) electrons. The van der Waals surface area contributed by atoms with Gasteiger partial charge in [-0.1, -0.05) is 18.2 Å². The van der Waals surface area contributed by atoms with Crippen LogP contribution in [0.25, 0.3) is 0 Å². The van der Waals surface area contributed by atoms with Gasteiger partial charge < -0.3 is 15.2 Å². The van der Waals surface area contributed by atoms with Crippen LogP contribution in [0.2, 0.25) is 0 Å². The zero-order chi connectivity index (χ0) is 17.0. The number of nitrogens with one attached hydrogen (secondary N) is 2. The molecule has 2 aromatic rings. The van der Waals surface area contributed by atoms with Gasteiger partial charge in [0.2, 0.25) is 0 Å². The summed E-state index contributed by atoms with van der Waals surface area (Å²) in [6.45, 7) is 1.83. The summed E-state index contributed by atoms with van der Waals surface area (Å²) in [4.78, 5) is 11.9. The number of hydrogen-bond donors (Lipinski definition) is 2. The number of carbonyl (C=O) groups excluding carboxylic acids is 1. The molecule has 0 aliphatic heterocycles. The lowest BCUT2D eigenvalue weighted by molar-refractivity contribution is -0.138. The highest BCUT2D eigenvalue weighted by atomic mass is 19.4. The molecule has 2 amide bonds. The van der Waals surface area contributed by atoms with Crippen LogP contribution < -0.4 is 10.6 Å². The van der Waals surface area contributed by atoms with Crippen LogP contribution in [0.5, 0.6) is 0 Å². The Morgan fingerprint density at radius 2 is 1.96 bits per heavy atom. The second kappa shape index (κ2) is 6.76. The van der Waals surface area contributed by atoms with Crippen molar-refractivity contribution in [2.75, 3.05) is 0 Å². The van der Waals surface area contributed by atoms with E-state index in [9.17, 15) is 18.0 Å². The van der Waals surface area contributed by atoms with Crippen LogP contribution in [-0.2, 0) is 19.8 Å².